The molecule has 2 N–H and O–H groups in total. The van der Waals surface area contributed by atoms with Crippen LogP contribution in [-0.4, -0.2) is 16.8 Å². The van der Waals surface area contributed by atoms with Crippen molar-refractivity contribution in [2.75, 3.05) is 0 Å². The van der Waals surface area contributed by atoms with E-state index in [9.17, 15) is 18.0 Å². The number of β-lactam (4-membered cyclic amide) rings is 1. The number of halogens is 3. The number of rotatable bonds is 3. The van der Waals surface area contributed by atoms with Gasteiger partial charge in [0.1, 0.15) is 6.04 Å². The monoisotopic (exact) mass is 320 g/mol. The summed E-state index contributed by atoms with van der Waals surface area (Å²) in [5, 5.41) is 0. The van der Waals surface area contributed by atoms with E-state index in [-0.39, 0.29) is 5.91 Å². The normalized spacial score (nSPS) is 21.2. The van der Waals surface area contributed by atoms with Crippen LogP contribution in [0.1, 0.15) is 22.7 Å². The van der Waals surface area contributed by atoms with Crippen molar-refractivity contribution >= 4 is 5.91 Å². The van der Waals surface area contributed by atoms with Gasteiger partial charge in [0.15, 0.2) is 0 Å². The summed E-state index contributed by atoms with van der Waals surface area (Å²) >= 11 is 0. The van der Waals surface area contributed by atoms with Crippen molar-refractivity contribution in [3.63, 3.8) is 0 Å². The van der Waals surface area contributed by atoms with Crippen LogP contribution in [0, 0.1) is 0 Å². The highest BCUT2D eigenvalue weighted by molar-refractivity contribution is 5.89. The van der Waals surface area contributed by atoms with Gasteiger partial charge in [-0.05, 0) is 23.3 Å². The van der Waals surface area contributed by atoms with E-state index in [4.69, 9.17) is 5.73 Å². The quantitative estimate of drug-likeness (QED) is 0.883. The topological polar surface area (TPSA) is 46.3 Å². The average Bonchev–Trinajstić information content (AvgIpc) is 2.54. The number of nitrogens with two attached hydrogens (primary N) is 1. The van der Waals surface area contributed by atoms with Crippen molar-refractivity contribution in [3.05, 3.63) is 71.3 Å². The zero-order valence-corrected chi connectivity index (χ0v) is 12.1. The van der Waals surface area contributed by atoms with Gasteiger partial charge in [0, 0.05) is 6.54 Å². The predicted molar refractivity (Wildman–Crippen MR) is 79.2 cm³/mol. The molecule has 2 atom stereocenters. The number of hydrogen-bond donors (Lipinski definition) is 1. The maximum absolute atomic E-state index is 12.6. The lowest BCUT2D eigenvalue weighted by Gasteiger charge is -2.45. The first-order chi connectivity index (χ1) is 10.9. The van der Waals surface area contributed by atoms with Gasteiger partial charge in [-0.1, -0.05) is 42.5 Å². The van der Waals surface area contributed by atoms with E-state index < -0.39 is 23.8 Å². The molecule has 6 heteroatoms. The predicted octanol–water partition coefficient (Wildman–Crippen LogP) is 3.12. The lowest BCUT2D eigenvalue weighted by Crippen LogP contribution is -2.62. The van der Waals surface area contributed by atoms with Crippen molar-refractivity contribution in [3.8, 4) is 0 Å². The molecule has 120 valence electrons. The fraction of sp³-hybridized carbons (Fsp3) is 0.235. The largest absolute Gasteiger partial charge is 0.416 e. The third-order valence-corrected chi connectivity index (χ3v) is 4.02. The molecule has 2 aromatic rings. The number of carbonyl (C=O) groups excluding carboxylic acids is 1. The zero-order chi connectivity index (χ0) is 16.6. The second kappa shape index (κ2) is 5.70. The molecule has 1 aliphatic rings. The summed E-state index contributed by atoms with van der Waals surface area (Å²) in [6.45, 7) is 0.388. The van der Waals surface area contributed by atoms with Crippen LogP contribution in [0.3, 0.4) is 0 Å². The molecular weight excluding hydrogens is 305 g/mol. The van der Waals surface area contributed by atoms with E-state index in [1.165, 1.54) is 12.1 Å². The van der Waals surface area contributed by atoms with E-state index in [1.807, 2.05) is 30.3 Å². The molecule has 1 amide bonds. The Kier molecular flexibility index (Phi) is 3.85. The van der Waals surface area contributed by atoms with Crippen LogP contribution in [0.25, 0.3) is 0 Å². The molecule has 0 radical (unpaired) electrons. The number of amides is 1. The molecular formula is C17H15F3N2O. The molecule has 1 saturated heterocycles. The van der Waals surface area contributed by atoms with Gasteiger partial charge in [-0.25, -0.2) is 0 Å². The number of nitrogens with zero attached hydrogens (tertiary/aromatic N) is 1. The summed E-state index contributed by atoms with van der Waals surface area (Å²) in [5.74, 6) is -0.196. The van der Waals surface area contributed by atoms with E-state index in [0.717, 1.165) is 17.7 Å². The Bertz CT molecular complexity index is 698. The third kappa shape index (κ3) is 2.94. The van der Waals surface area contributed by atoms with E-state index in [2.05, 4.69) is 0 Å². The van der Waals surface area contributed by atoms with Crippen molar-refractivity contribution in [1.29, 1.82) is 0 Å². The molecule has 0 aromatic heterocycles. The number of likely N-dealkylation sites (tertiary alicyclic amines) is 1. The molecule has 3 rings (SSSR count). The Hall–Kier alpha value is -2.34. The molecule has 3 nitrogen and oxygen atoms in total. The molecule has 2 unspecified atom stereocenters. The third-order valence-electron chi connectivity index (χ3n) is 4.02. The molecule has 0 saturated carbocycles. The fourth-order valence-corrected chi connectivity index (χ4v) is 2.79. The van der Waals surface area contributed by atoms with Crippen LogP contribution < -0.4 is 5.73 Å². The standard InChI is InChI=1S/C17H15F3N2O/c18-17(19,20)13-8-6-12(7-9-13)15-14(21)16(23)22(15)10-11-4-2-1-3-5-11/h1-9,14-15H,10,21H2. The number of alkyl halides is 3. The van der Waals surface area contributed by atoms with E-state index in [0.29, 0.717) is 12.1 Å². The Morgan fingerprint density at radius 3 is 2.17 bits per heavy atom. The minimum Gasteiger partial charge on any atom is -0.328 e. The summed E-state index contributed by atoms with van der Waals surface area (Å²) in [7, 11) is 0. The first kappa shape index (κ1) is 15.6. The lowest BCUT2D eigenvalue weighted by molar-refractivity contribution is -0.150. The van der Waals surface area contributed by atoms with Crippen LogP contribution in [0.5, 0.6) is 0 Å². The van der Waals surface area contributed by atoms with Crippen molar-refractivity contribution in [2.45, 2.75) is 24.8 Å². The second-order valence-electron chi connectivity index (χ2n) is 5.54. The number of benzene rings is 2. The molecule has 23 heavy (non-hydrogen) atoms. The smallest absolute Gasteiger partial charge is 0.328 e. The van der Waals surface area contributed by atoms with E-state index >= 15 is 0 Å². The first-order valence-electron chi connectivity index (χ1n) is 7.15. The van der Waals surface area contributed by atoms with Gasteiger partial charge < -0.3 is 10.6 Å². The van der Waals surface area contributed by atoms with Gasteiger partial charge in [-0.3, -0.25) is 4.79 Å². The van der Waals surface area contributed by atoms with Gasteiger partial charge in [-0.2, -0.15) is 13.2 Å². The Labute approximate surface area is 131 Å². The molecule has 0 bridgehead atoms. The molecule has 1 fully saturated rings. The Morgan fingerprint density at radius 2 is 1.61 bits per heavy atom. The summed E-state index contributed by atoms with van der Waals surface area (Å²) < 4.78 is 37.9. The van der Waals surface area contributed by atoms with Gasteiger partial charge in [0.2, 0.25) is 5.91 Å². The molecule has 0 aliphatic carbocycles. The van der Waals surface area contributed by atoms with Gasteiger partial charge in [0.25, 0.3) is 0 Å². The van der Waals surface area contributed by atoms with Crippen LogP contribution in [-0.2, 0) is 17.5 Å². The Morgan fingerprint density at radius 1 is 1.00 bits per heavy atom. The van der Waals surface area contributed by atoms with Crippen molar-refractivity contribution in [2.24, 2.45) is 5.73 Å². The highest BCUT2D eigenvalue weighted by Crippen LogP contribution is 2.36. The molecule has 1 aliphatic heterocycles. The van der Waals surface area contributed by atoms with Gasteiger partial charge in [-0.15, -0.1) is 0 Å². The number of carbonyl (C=O) groups is 1. The summed E-state index contributed by atoms with van der Waals surface area (Å²) in [4.78, 5) is 13.6. The number of hydrogen-bond acceptors (Lipinski definition) is 2. The summed E-state index contributed by atoms with van der Waals surface area (Å²) in [5.41, 5.74) is 6.70. The highest BCUT2D eigenvalue weighted by atomic mass is 19.4. The molecule has 1 heterocycles. The maximum Gasteiger partial charge on any atom is 0.416 e. The average molecular weight is 320 g/mol. The maximum atomic E-state index is 12.6. The molecule has 2 aromatic carbocycles. The van der Waals surface area contributed by atoms with Crippen LogP contribution in [0.4, 0.5) is 13.2 Å². The first-order valence-corrected chi connectivity index (χ1v) is 7.15. The molecule has 0 spiro atoms. The zero-order valence-electron chi connectivity index (χ0n) is 12.1. The highest BCUT2D eigenvalue weighted by Gasteiger charge is 2.45. The van der Waals surface area contributed by atoms with E-state index in [1.54, 1.807) is 4.90 Å². The summed E-state index contributed by atoms with van der Waals surface area (Å²) in [6.07, 6.45) is -4.38. The Balaban J connectivity index is 1.81. The van der Waals surface area contributed by atoms with Crippen molar-refractivity contribution < 1.29 is 18.0 Å². The summed E-state index contributed by atoms with van der Waals surface area (Å²) in [6, 6.07) is 13.1. The van der Waals surface area contributed by atoms with Crippen molar-refractivity contribution in [1.82, 2.24) is 4.90 Å². The van der Waals surface area contributed by atoms with Gasteiger partial charge >= 0.3 is 6.18 Å². The minimum atomic E-state index is -4.38. The lowest BCUT2D eigenvalue weighted by atomic mass is 9.88. The SMILES string of the molecule is NC1C(=O)N(Cc2ccccc2)C1c1ccc(C(F)(F)F)cc1. The van der Waals surface area contributed by atoms with Crippen LogP contribution in [0.15, 0.2) is 54.6 Å². The minimum absolute atomic E-state index is 0.196. The fourth-order valence-electron chi connectivity index (χ4n) is 2.79. The van der Waals surface area contributed by atoms with Crippen LogP contribution >= 0.6 is 0 Å². The van der Waals surface area contributed by atoms with Gasteiger partial charge in [0.05, 0.1) is 11.6 Å². The second-order valence-corrected chi connectivity index (χ2v) is 5.54. The van der Waals surface area contributed by atoms with Crippen LogP contribution in [0.2, 0.25) is 0 Å².